The van der Waals surface area contributed by atoms with E-state index in [1.165, 1.54) is 11.1 Å². The van der Waals surface area contributed by atoms with Gasteiger partial charge in [-0.25, -0.2) is 0 Å². The standard InChI is InChI=1S/C16H26N2O2/c1-11-8-12(2)14(4)15(9-11)20-7-6-16(19)18(5)13(3)10-17/h8-9,13H,6-7,10,17H2,1-5H3. The van der Waals surface area contributed by atoms with E-state index in [2.05, 4.69) is 13.0 Å². The van der Waals surface area contributed by atoms with Crippen LogP contribution in [0.1, 0.15) is 30.0 Å². The number of nitrogens with two attached hydrogens (primary N) is 1. The fourth-order valence-electron chi connectivity index (χ4n) is 1.98. The van der Waals surface area contributed by atoms with Crippen LogP contribution in [0.5, 0.6) is 5.75 Å². The van der Waals surface area contributed by atoms with Gasteiger partial charge in [0.15, 0.2) is 0 Å². The van der Waals surface area contributed by atoms with Crippen molar-refractivity contribution in [2.24, 2.45) is 5.73 Å². The van der Waals surface area contributed by atoms with Crippen molar-refractivity contribution in [2.75, 3.05) is 20.2 Å². The van der Waals surface area contributed by atoms with Gasteiger partial charge in [-0.15, -0.1) is 0 Å². The van der Waals surface area contributed by atoms with E-state index in [-0.39, 0.29) is 11.9 Å². The number of amides is 1. The summed E-state index contributed by atoms with van der Waals surface area (Å²) in [6.45, 7) is 8.95. The van der Waals surface area contributed by atoms with Crippen LogP contribution in [0, 0.1) is 20.8 Å². The molecule has 0 aliphatic rings. The van der Waals surface area contributed by atoms with E-state index >= 15 is 0 Å². The molecule has 112 valence electrons. The van der Waals surface area contributed by atoms with E-state index in [1.807, 2.05) is 26.8 Å². The summed E-state index contributed by atoms with van der Waals surface area (Å²) in [7, 11) is 1.78. The molecule has 0 heterocycles. The van der Waals surface area contributed by atoms with Gasteiger partial charge in [0.05, 0.1) is 13.0 Å². The van der Waals surface area contributed by atoms with Crippen LogP contribution in [0.2, 0.25) is 0 Å². The topological polar surface area (TPSA) is 55.6 Å². The Morgan fingerprint density at radius 2 is 2.00 bits per heavy atom. The average molecular weight is 278 g/mol. The number of nitrogens with zero attached hydrogens (tertiary/aromatic N) is 1. The largest absolute Gasteiger partial charge is 0.493 e. The van der Waals surface area contributed by atoms with Crippen LogP contribution in [0.3, 0.4) is 0 Å². The summed E-state index contributed by atoms with van der Waals surface area (Å²) in [5.41, 5.74) is 9.07. The fraction of sp³-hybridized carbons (Fsp3) is 0.562. The lowest BCUT2D eigenvalue weighted by atomic mass is 10.1. The number of hydrogen-bond acceptors (Lipinski definition) is 3. The summed E-state index contributed by atoms with van der Waals surface area (Å²) in [6.07, 6.45) is 0.368. The zero-order valence-corrected chi connectivity index (χ0v) is 13.2. The Balaban J connectivity index is 2.55. The smallest absolute Gasteiger partial charge is 0.226 e. The van der Waals surface area contributed by atoms with Gasteiger partial charge in [-0.05, 0) is 50.5 Å². The number of aryl methyl sites for hydroxylation is 2. The maximum atomic E-state index is 11.9. The first-order valence-electron chi connectivity index (χ1n) is 7.03. The van der Waals surface area contributed by atoms with Crippen molar-refractivity contribution in [3.8, 4) is 5.75 Å². The van der Waals surface area contributed by atoms with Crippen molar-refractivity contribution in [1.82, 2.24) is 4.90 Å². The summed E-state index contributed by atoms with van der Waals surface area (Å²) in [4.78, 5) is 13.6. The molecule has 1 atom stereocenters. The number of hydrogen-bond donors (Lipinski definition) is 1. The third kappa shape index (κ3) is 4.23. The van der Waals surface area contributed by atoms with Gasteiger partial charge < -0.3 is 15.4 Å². The number of carbonyl (C=O) groups excluding carboxylic acids is 1. The molecule has 1 unspecified atom stereocenters. The molecule has 1 aromatic carbocycles. The Morgan fingerprint density at radius 3 is 2.60 bits per heavy atom. The van der Waals surface area contributed by atoms with Gasteiger partial charge in [0.25, 0.3) is 0 Å². The molecule has 0 saturated carbocycles. The number of ether oxygens (including phenoxy) is 1. The highest BCUT2D eigenvalue weighted by Crippen LogP contribution is 2.23. The van der Waals surface area contributed by atoms with Crippen molar-refractivity contribution in [3.05, 3.63) is 28.8 Å². The van der Waals surface area contributed by atoms with E-state index in [4.69, 9.17) is 10.5 Å². The van der Waals surface area contributed by atoms with Crippen LogP contribution in [0.15, 0.2) is 12.1 Å². The Labute approximate surface area is 121 Å². The van der Waals surface area contributed by atoms with Crippen LogP contribution in [0.25, 0.3) is 0 Å². The Kier molecular flexibility index (Phi) is 6.02. The van der Waals surface area contributed by atoms with Crippen LogP contribution in [-0.4, -0.2) is 37.0 Å². The van der Waals surface area contributed by atoms with Gasteiger partial charge in [0, 0.05) is 19.6 Å². The molecule has 0 spiro atoms. The van der Waals surface area contributed by atoms with Gasteiger partial charge in [-0.3, -0.25) is 4.79 Å². The molecule has 0 bridgehead atoms. The predicted octanol–water partition coefficient (Wildman–Crippen LogP) is 2.19. The third-order valence-corrected chi connectivity index (χ3v) is 3.73. The quantitative estimate of drug-likeness (QED) is 0.868. The second-order valence-corrected chi connectivity index (χ2v) is 5.39. The van der Waals surface area contributed by atoms with Crippen molar-refractivity contribution in [1.29, 1.82) is 0 Å². The number of likely N-dealkylation sites (N-methyl/N-ethyl adjacent to an activating group) is 1. The van der Waals surface area contributed by atoms with Crippen molar-refractivity contribution in [2.45, 2.75) is 40.2 Å². The second-order valence-electron chi connectivity index (χ2n) is 5.39. The first-order valence-corrected chi connectivity index (χ1v) is 7.03. The number of benzene rings is 1. The monoisotopic (exact) mass is 278 g/mol. The normalized spacial score (nSPS) is 12.1. The van der Waals surface area contributed by atoms with Crippen LogP contribution in [-0.2, 0) is 4.79 Å². The highest BCUT2D eigenvalue weighted by atomic mass is 16.5. The maximum absolute atomic E-state index is 11.9. The zero-order chi connectivity index (χ0) is 15.3. The minimum absolute atomic E-state index is 0.0602. The molecule has 4 nitrogen and oxygen atoms in total. The molecule has 0 aliphatic carbocycles. The highest BCUT2D eigenvalue weighted by molar-refractivity contribution is 5.76. The van der Waals surface area contributed by atoms with Crippen LogP contribution >= 0.6 is 0 Å². The molecule has 4 heteroatoms. The van der Waals surface area contributed by atoms with Crippen molar-refractivity contribution < 1.29 is 9.53 Å². The first kappa shape index (κ1) is 16.5. The fourth-order valence-corrected chi connectivity index (χ4v) is 1.98. The lowest BCUT2D eigenvalue weighted by molar-refractivity contribution is -0.132. The molecular formula is C16H26N2O2. The molecule has 0 saturated heterocycles. The molecule has 0 aliphatic heterocycles. The molecule has 1 aromatic rings. The van der Waals surface area contributed by atoms with Crippen molar-refractivity contribution >= 4 is 5.91 Å². The van der Waals surface area contributed by atoms with Gasteiger partial charge in [0.1, 0.15) is 5.75 Å². The lowest BCUT2D eigenvalue weighted by Crippen LogP contribution is -2.40. The zero-order valence-electron chi connectivity index (χ0n) is 13.2. The molecular weight excluding hydrogens is 252 g/mol. The Bertz CT molecular complexity index is 472. The summed E-state index contributed by atoms with van der Waals surface area (Å²) in [6, 6.07) is 4.20. The van der Waals surface area contributed by atoms with E-state index in [0.717, 1.165) is 11.3 Å². The van der Waals surface area contributed by atoms with E-state index in [0.29, 0.717) is 19.6 Å². The van der Waals surface area contributed by atoms with Gasteiger partial charge >= 0.3 is 0 Å². The van der Waals surface area contributed by atoms with E-state index in [1.54, 1.807) is 11.9 Å². The summed E-state index contributed by atoms with van der Waals surface area (Å²) < 4.78 is 5.75. The van der Waals surface area contributed by atoms with Gasteiger partial charge in [-0.1, -0.05) is 6.07 Å². The molecule has 1 rings (SSSR count). The van der Waals surface area contributed by atoms with Gasteiger partial charge in [0.2, 0.25) is 5.91 Å². The number of rotatable bonds is 6. The summed E-state index contributed by atoms with van der Waals surface area (Å²) in [5.74, 6) is 0.926. The van der Waals surface area contributed by atoms with Crippen LogP contribution < -0.4 is 10.5 Å². The summed E-state index contributed by atoms with van der Waals surface area (Å²) in [5, 5.41) is 0. The molecule has 0 fully saturated rings. The highest BCUT2D eigenvalue weighted by Gasteiger charge is 2.14. The minimum atomic E-state index is 0.0602. The molecule has 1 amide bonds. The Hall–Kier alpha value is -1.55. The van der Waals surface area contributed by atoms with Gasteiger partial charge in [-0.2, -0.15) is 0 Å². The van der Waals surface area contributed by atoms with Crippen molar-refractivity contribution in [3.63, 3.8) is 0 Å². The van der Waals surface area contributed by atoms with E-state index in [9.17, 15) is 4.79 Å². The van der Waals surface area contributed by atoms with E-state index < -0.39 is 0 Å². The second kappa shape index (κ2) is 7.29. The molecule has 20 heavy (non-hydrogen) atoms. The minimum Gasteiger partial charge on any atom is -0.493 e. The predicted molar refractivity (Wildman–Crippen MR) is 82.1 cm³/mol. The number of carbonyl (C=O) groups is 1. The summed E-state index contributed by atoms with van der Waals surface area (Å²) >= 11 is 0. The van der Waals surface area contributed by atoms with Crippen LogP contribution in [0.4, 0.5) is 0 Å². The average Bonchev–Trinajstić information content (AvgIpc) is 2.41. The SMILES string of the molecule is Cc1cc(C)c(C)c(OCCC(=O)N(C)C(C)CN)c1. The Morgan fingerprint density at radius 1 is 1.35 bits per heavy atom. The molecule has 2 N–H and O–H groups in total. The lowest BCUT2D eigenvalue weighted by Gasteiger charge is -2.23. The third-order valence-electron chi connectivity index (χ3n) is 3.73. The maximum Gasteiger partial charge on any atom is 0.226 e. The first-order chi connectivity index (χ1) is 9.36. The molecule has 0 radical (unpaired) electrons. The molecule has 0 aromatic heterocycles.